The van der Waals surface area contributed by atoms with Gasteiger partial charge in [-0.3, -0.25) is 0 Å². The van der Waals surface area contributed by atoms with Gasteiger partial charge in [-0.15, -0.1) is 22.9 Å². The minimum absolute atomic E-state index is 0.0276. The van der Waals surface area contributed by atoms with Crippen molar-refractivity contribution in [1.82, 2.24) is 4.72 Å². The minimum Gasteiger partial charge on any atom is -0.210 e. The van der Waals surface area contributed by atoms with Gasteiger partial charge in [0.15, 0.2) is 0 Å². The molecule has 0 radical (unpaired) electrons. The van der Waals surface area contributed by atoms with Gasteiger partial charge in [-0.25, -0.2) is 13.1 Å². The molecule has 0 aliphatic carbocycles. The molecule has 1 N–H and O–H groups in total. The van der Waals surface area contributed by atoms with Crippen molar-refractivity contribution in [3.8, 4) is 0 Å². The summed E-state index contributed by atoms with van der Waals surface area (Å²) in [5.74, 6) is 0.403. The van der Waals surface area contributed by atoms with Crippen molar-refractivity contribution in [2.24, 2.45) is 5.41 Å². The second-order valence-corrected chi connectivity index (χ2v) is 8.64. The van der Waals surface area contributed by atoms with Crippen LogP contribution in [-0.4, -0.2) is 20.8 Å². The van der Waals surface area contributed by atoms with Gasteiger partial charge in [0.1, 0.15) is 9.23 Å². The summed E-state index contributed by atoms with van der Waals surface area (Å²) >= 11 is 18.6. The van der Waals surface area contributed by atoms with Crippen LogP contribution in [0.3, 0.4) is 0 Å². The second-order valence-electron chi connectivity index (χ2n) is 4.35. The third-order valence-corrected chi connectivity index (χ3v) is 7.06. The topological polar surface area (TPSA) is 46.2 Å². The molecule has 1 heterocycles. The monoisotopic (exact) mass is 363 g/mol. The number of hydrogen-bond donors (Lipinski definition) is 1. The number of halogens is 3. The molecule has 0 atom stereocenters. The Morgan fingerprint density at radius 2 is 1.89 bits per heavy atom. The van der Waals surface area contributed by atoms with Gasteiger partial charge in [-0.05, 0) is 24.3 Å². The summed E-state index contributed by atoms with van der Waals surface area (Å²) in [5.41, 5.74) is -0.235. The third kappa shape index (κ3) is 4.22. The molecule has 0 spiro atoms. The maximum atomic E-state index is 12.2. The van der Waals surface area contributed by atoms with E-state index in [9.17, 15) is 8.42 Å². The fraction of sp³-hybridized carbons (Fsp3) is 0.636. The quantitative estimate of drug-likeness (QED) is 0.730. The maximum absolute atomic E-state index is 12.2. The first-order valence-corrected chi connectivity index (χ1v) is 9.39. The highest BCUT2D eigenvalue weighted by Gasteiger charge is 2.29. The lowest BCUT2D eigenvalue weighted by Crippen LogP contribution is -2.38. The van der Waals surface area contributed by atoms with Crippen molar-refractivity contribution in [3.05, 3.63) is 14.7 Å². The molecule has 3 nitrogen and oxygen atoms in total. The molecule has 0 saturated heterocycles. The molecule has 110 valence electrons. The van der Waals surface area contributed by atoms with E-state index in [-0.39, 0.29) is 21.2 Å². The van der Waals surface area contributed by atoms with Crippen LogP contribution in [0.5, 0.6) is 0 Å². The number of thiophene rings is 1. The average Bonchev–Trinajstić information content (AvgIpc) is 2.72. The normalized spacial score (nSPS) is 12.9. The Labute approximate surface area is 133 Å². The van der Waals surface area contributed by atoms with Gasteiger partial charge in [-0.1, -0.05) is 37.0 Å². The molecule has 1 rings (SSSR count). The molecule has 1 aromatic rings. The molecule has 0 aliphatic heterocycles. The van der Waals surface area contributed by atoms with Gasteiger partial charge in [-0.2, -0.15) is 0 Å². The highest BCUT2D eigenvalue weighted by Crippen LogP contribution is 2.34. The Hall–Kier alpha value is 0.480. The molecule has 8 heteroatoms. The van der Waals surface area contributed by atoms with E-state index in [1.807, 2.05) is 13.8 Å². The van der Waals surface area contributed by atoms with Crippen LogP contribution in [0.4, 0.5) is 0 Å². The van der Waals surface area contributed by atoms with Crippen molar-refractivity contribution in [3.63, 3.8) is 0 Å². The van der Waals surface area contributed by atoms with Gasteiger partial charge in [0, 0.05) is 12.4 Å². The number of hydrogen-bond acceptors (Lipinski definition) is 3. The fourth-order valence-corrected chi connectivity index (χ4v) is 5.35. The van der Waals surface area contributed by atoms with Crippen molar-refractivity contribution in [2.75, 3.05) is 12.4 Å². The first-order valence-electron chi connectivity index (χ1n) is 5.80. The lowest BCUT2D eigenvalue weighted by atomic mass is 9.85. The van der Waals surface area contributed by atoms with Crippen LogP contribution in [0.1, 0.15) is 26.7 Å². The van der Waals surface area contributed by atoms with Crippen LogP contribution < -0.4 is 4.72 Å². The summed E-state index contributed by atoms with van der Waals surface area (Å²) in [7, 11) is -3.65. The van der Waals surface area contributed by atoms with E-state index in [1.165, 1.54) is 6.07 Å². The van der Waals surface area contributed by atoms with Crippen molar-refractivity contribution >= 4 is 56.2 Å². The minimum atomic E-state index is -3.65. The standard InChI is InChI=1S/C11H16Cl3NO2S2/c1-3-11(4-2,6-12)7-15-19(16,17)8-5-9(13)18-10(8)14/h5,15H,3-4,6-7H2,1-2H3. The SMILES string of the molecule is CCC(CC)(CCl)CNS(=O)(=O)c1cc(Cl)sc1Cl. The van der Waals surface area contributed by atoms with Crippen molar-refractivity contribution in [2.45, 2.75) is 31.6 Å². The van der Waals surface area contributed by atoms with Crippen LogP contribution in [-0.2, 0) is 10.0 Å². The van der Waals surface area contributed by atoms with Gasteiger partial charge in [0.2, 0.25) is 10.0 Å². The van der Waals surface area contributed by atoms with Gasteiger partial charge < -0.3 is 0 Å². The zero-order valence-corrected chi connectivity index (χ0v) is 14.6. The Morgan fingerprint density at radius 1 is 1.32 bits per heavy atom. The zero-order valence-electron chi connectivity index (χ0n) is 10.7. The highest BCUT2D eigenvalue weighted by atomic mass is 35.5. The first kappa shape index (κ1) is 17.5. The maximum Gasteiger partial charge on any atom is 0.242 e. The molecule has 19 heavy (non-hydrogen) atoms. The number of alkyl halides is 1. The molecule has 0 amide bonds. The van der Waals surface area contributed by atoms with Crippen LogP contribution in [0.2, 0.25) is 8.67 Å². The Morgan fingerprint density at radius 3 is 2.26 bits per heavy atom. The van der Waals surface area contributed by atoms with Crippen LogP contribution >= 0.6 is 46.1 Å². The molecular weight excluding hydrogens is 349 g/mol. The van der Waals surface area contributed by atoms with E-state index in [4.69, 9.17) is 34.8 Å². The van der Waals surface area contributed by atoms with Gasteiger partial charge >= 0.3 is 0 Å². The average molecular weight is 365 g/mol. The van der Waals surface area contributed by atoms with E-state index < -0.39 is 10.0 Å². The Bertz CT molecular complexity index is 516. The smallest absolute Gasteiger partial charge is 0.210 e. The highest BCUT2D eigenvalue weighted by molar-refractivity contribution is 7.89. The van der Waals surface area contributed by atoms with Crippen LogP contribution in [0.25, 0.3) is 0 Å². The number of sulfonamides is 1. The largest absolute Gasteiger partial charge is 0.242 e. The van der Waals surface area contributed by atoms with Gasteiger partial charge in [0.05, 0.1) is 4.34 Å². The lowest BCUT2D eigenvalue weighted by Gasteiger charge is -2.29. The van der Waals surface area contributed by atoms with E-state index in [1.54, 1.807) is 0 Å². The van der Waals surface area contributed by atoms with E-state index in [0.717, 1.165) is 24.2 Å². The number of nitrogens with one attached hydrogen (secondary N) is 1. The summed E-state index contributed by atoms with van der Waals surface area (Å²) in [4.78, 5) is 0.0276. The molecular formula is C11H16Cl3NO2S2. The molecule has 0 aliphatic rings. The molecule has 0 aromatic carbocycles. The predicted molar refractivity (Wildman–Crippen MR) is 83.3 cm³/mol. The summed E-state index contributed by atoms with van der Waals surface area (Å²) in [6, 6.07) is 1.36. The summed E-state index contributed by atoms with van der Waals surface area (Å²) in [6.07, 6.45) is 1.60. The van der Waals surface area contributed by atoms with E-state index in [0.29, 0.717) is 10.2 Å². The van der Waals surface area contributed by atoms with Gasteiger partial charge in [0.25, 0.3) is 0 Å². The van der Waals surface area contributed by atoms with Crippen molar-refractivity contribution < 1.29 is 8.42 Å². The summed E-state index contributed by atoms with van der Waals surface area (Å²) in [6.45, 7) is 4.28. The van der Waals surface area contributed by atoms with Crippen molar-refractivity contribution in [1.29, 1.82) is 0 Å². The summed E-state index contributed by atoms with van der Waals surface area (Å²) < 4.78 is 27.4. The van der Waals surface area contributed by atoms with E-state index >= 15 is 0 Å². The molecule has 0 bridgehead atoms. The first-order chi connectivity index (χ1) is 8.80. The predicted octanol–water partition coefficient (Wildman–Crippen LogP) is 4.38. The Balaban J connectivity index is 2.90. The second kappa shape index (κ2) is 6.96. The lowest BCUT2D eigenvalue weighted by molar-refractivity contribution is 0.304. The third-order valence-electron chi connectivity index (χ3n) is 3.34. The molecule has 1 aromatic heterocycles. The molecule has 0 unspecified atom stereocenters. The molecule has 0 fully saturated rings. The molecule has 0 saturated carbocycles. The zero-order chi connectivity index (χ0) is 14.7. The van der Waals surface area contributed by atoms with Crippen LogP contribution in [0.15, 0.2) is 11.0 Å². The fourth-order valence-electron chi connectivity index (χ4n) is 1.57. The van der Waals surface area contributed by atoms with E-state index in [2.05, 4.69) is 4.72 Å². The number of rotatable bonds is 7. The summed E-state index contributed by atoms with van der Waals surface area (Å²) in [5, 5.41) is 0. The Kier molecular flexibility index (Phi) is 6.42. The van der Waals surface area contributed by atoms with Crippen LogP contribution in [0, 0.1) is 5.41 Å².